The number of benzene rings is 1. The van der Waals surface area contributed by atoms with Crippen LogP contribution in [0.4, 0.5) is 0 Å². The quantitative estimate of drug-likeness (QED) is 0.721. The van der Waals surface area contributed by atoms with Gasteiger partial charge < -0.3 is 0 Å². The van der Waals surface area contributed by atoms with E-state index < -0.39 is 0 Å². The summed E-state index contributed by atoms with van der Waals surface area (Å²) in [6.45, 7) is 0. The van der Waals surface area contributed by atoms with Crippen molar-refractivity contribution in [2.75, 3.05) is 0 Å². The first-order valence-corrected chi connectivity index (χ1v) is 6.12. The van der Waals surface area contributed by atoms with Crippen molar-refractivity contribution in [1.29, 1.82) is 0 Å². The Morgan fingerprint density at radius 2 is 1.81 bits per heavy atom. The molecule has 3 heteroatoms. The molecule has 0 saturated heterocycles. The Balaban J connectivity index is 2.42. The van der Waals surface area contributed by atoms with E-state index in [1.807, 2.05) is 12.1 Å². The average Bonchev–Trinajstić information content (AvgIpc) is 2.47. The molecule has 0 atom stereocenters. The van der Waals surface area contributed by atoms with Gasteiger partial charge in [0.1, 0.15) is 0 Å². The molecule has 0 heterocycles. The maximum absolute atomic E-state index is 11.5. The highest BCUT2D eigenvalue weighted by atomic mass is 35.5. The first-order valence-electron chi connectivity index (χ1n) is 5.36. The molecule has 0 unspecified atom stereocenters. The van der Waals surface area contributed by atoms with Crippen LogP contribution in [0.15, 0.2) is 24.3 Å². The van der Waals surface area contributed by atoms with Gasteiger partial charge in [-0.05, 0) is 42.5 Å². The molecule has 1 nitrogen and oxygen atoms in total. The lowest BCUT2D eigenvalue weighted by molar-refractivity contribution is -0.114. The molecule has 84 valence electrons. The third-order valence-electron chi connectivity index (χ3n) is 2.75. The predicted octanol–water partition coefficient (Wildman–Crippen LogP) is 4.52. The van der Waals surface area contributed by atoms with Crippen molar-refractivity contribution >= 4 is 34.6 Å². The Hall–Kier alpha value is -0.790. The number of carbonyl (C=O) groups excluding carboxylic acids is 1. The Morgan fingerprint density at radius 1 is 1.06 bits per heavy atom. The fourth-order valence-electron chi connectivity index (χ4n) is 1.92. The maximum atomic E-state index is 11.5. The minimum absolute atomic E-state index is 0.184. The number of ketones is 1. The van der Waals surface area contributed by atoms with Gasteiger partial charge in [0.25, 0.3) is 0 Å². The van der Waals surface area contributed by atoms with Crippen LogP contribution in [0.2, 0.25) is 10.0 Å². The van der Waals surface area contributed by atoms with Gasteiger partial charge in [0, 0.05) is 6.42 Å². The van der Waals surface area contributed by atoms with Crippen LogP contribution in [0.3, 0.4) is 0 Å². The number of allylic oxidation sites excluding steroid dienone is 2. The molecule has 1 aromatic rings. The van der Waals surface area contributed by atoms with E-state index in [0.717, 1.165) is 30.4 Å². The second kappa shape index (κ2) is 5.03. The molecular formula is C13H12Cl2O. The highest BCUT2D eigenvalue weighted by Crippen LogP contribution is 2.34. The number of halogens is 2. The van der Waals surface area contributed by atoms with Gasteiger partial charge in [-0.25, -0.2) is 0 Å². The third kappa shape index (κ3) is 2.47. The Kier molecular flexibility index (Phi) is 3.67. The summed E-state index contributed by atoms with van der Waals surface area (Å²) in [5.41, 5.74) is 1.90. The largest absolute Gasteiger partial charge is 0.295 e. The molecule has 2 rings (SSSR count). The lowest BCUT2D eigenvalue weighted by Crippen LogP contribution is -1.91. The summed E-state index contributed by atoms with van der Waals surface area (Å²) in [7, 11) is 0. The summed E-state index contributed by atoms with van der Waals surface area (Å²) >= 11 is 12.1. The van der Waals surface area contributed by atoms with E-state index in [4.69, 9.17) is 23.2 Å². The van der Waals surface area contributed by atoms with Crippen LogP contribution in [0.1, 0.15) is 31.2 Å². The van der Waals surface area contributed by atoms with Gasteiger partial charge in [0.05, 0.1) is 10.0 Å². The van der Waals surface area contributed by atoms with Gasteiger partial charge in [-0.15, -0.1) is 0 Å². The zero-order chi connectivity index (χ0) is 11.5. The number of hydrogen-bond donors (Lipinski definition) is 0. The zero-order valence-electron chi connectivity index (χ0n) is 8.80. The number of hydrogen-bond acceptors (Lipinski definition) is 1. The average molecular weight is 255 g/mol. The standard InChI is InChI=1S/C13H12Cl2O/c14-12-7-3-6-11(13(12)15)9-4-1-2-5-10(16)8-9/h3,6-8H,1-2,4-5H2. The molecule has 1 aliphatic rings. The highest BCUT2D eigenvalue weighted by Gasteiger charge is 2.13. The molecule has 0 fully saturated rings. The highest BCUT2D eigenvalue weighted by molar-refractivity contribution is 6.43. The molecule has 1 aliphatic carbocycles. The van der Waals surface area contributed by atoms with Crippen molar-refractivity contribution in [1.82, 2.24) is 0 Å². The van der Waals surface area contributed by atoms with E-state index in [-0.39, 0.29) is 5.78 Å². The first-order chi connectivity index (χ1) is 7.68. The van der Waals surface area contributed by atoms with E-state index in [2.05, 4.69) is 0 Å². The van der Waals surface area contributed by atoms with Crippen molar-refractivity contribution in [3.05, 3.63) is 39.9 Å². The molecule has 16 heavy (non-hydrogen) atoms. The summed E-state index contributed by atoms with van der Waals surface area (Å²) in [6.07, 6.45) is 5.23. The smallest absolute Gasteiger partial charge is 0.155 e. The SMILES string of the molecule is O=C1C=C(c2cccc(Cl)c2Cl)CCCC1. The Morgan fingerprint density at radius 3 is 2.62 bits per heavy atom. The molecule has 0 aliphatic heterocycles. The van der Waals surface area contributed by atoms with E-state index in [9.17, 15) is 4.79 Å². The molecule has 0 amide bonds. The summed E-state index contributed by atoms with van der Waals surface area (Å²) in [6, 6.07) is 5.53. The molecule has 0 saturated carbocycles. The minimum Gasteiger partial charge on any atom is -0.295 e. The van der Waals surface area contributed by atoms with Gasteiger partial charge in [0.2, 0.25) is 0 Å². The normalized spacial score (nSPS) is 16.9. The number of carbonyl (C=O) groups is 1. The Labute approximate surface area is 105 Å². The van der Waals surface area contributed by atoms with Gasteiger partial charge in [0.15, 0.2) is 5.78 Å². The summed E-state index contributed by atoms with van der Waals surface area (Å²) in [5.74, 6) is 0.184. The van der Waals surface area contributed by atoms with Crippen LogP contribution >= 0.6 is 23.2 Å². The van der Waals surface area contributed by atoms with Crippen molar-refractivity contribution in [3.63, 3.8) is 0 Å². The van der Waals surface area contributed by atoms with Crippen LogP contribution in [0, 0.1) is 0 Å². The lowest BCUT2D eigenvalue weighted by Gasteiger charge is -2.08. The van der Waals surface area contributed by atoms with Crippen molar-refractivity contribution in [3.8, 4) is 0 Å². The molecule has 0 N–H and O–H groups in total. The van der Waals surface area contributed by atoms with Crippen LogP contribution in [0.25, 0.3) is 5.57 Å². The Bertz CT molecular complexity index is 449. The molecule has 1 aromatic carbocycles. The van der Waals surface area contributed by atoms with Gasteiger partial charge in [-0.3, -0.25) is 4.79 Å². The summed E-state index contributed by atoms with van der Waals surface area (Å²) in [5, 5.41) is 1.09. The van der Waals surface area contributed by atoms with Crippen LogP contribution in [0.5, 0.6) is 0 Å². The fraction of sp³-hybridized carbons (Fsp3) is 0.308. The summed E-state index contributed by atoms with van der Waals surface area (Å²) in [4.78, 5) is 11.5. The molecule has 0 spiro atoms. The molecular weight excluding hydrogens is 243 g/mol. The number of rotatable bonds is 1. The minimum atomic E-state index is 0.184. The van der Waals surface area contributed by atoms with E-state index in [1.54, 1.807) is 12.1 Å². The van der Waals surface area contributed by atoms with E-state index in [1.165, 1.54) is 0 Å². The lowest BCUT2D eigenvalue weighted by atomic mass is 10.0. The second-order valence-electron chi connectivity index (χ2n) is 3.94. The molecule has 0 aromatic heterocycles. The van der Waals surface area contributed by atoms with Crippen molar-refractivity contribution in [2.45, 2.75) is 25.7 Å². The molecule has 0 radical (unpaired) electrons. The summed E-state index contributed by atoms with van der Waals surface area (Å²) < 4.78 is 0. The van der Waals surface area contributed by atoms with Gasteiger partial charge >= 0.3 is 0 Å². The second-order valence-corrected chi connectivity index (χ2v) is 4.73. The van der Waals surface area contributed by atoms with Crippen LogP contribution in [-0.4, -0.2) is 5.78 Å². The third-order valence-corrected chi connectivity index (χ3v) is 3.57. The van der Waals surface area contributed by atoms with Crippen LogP contribution < -0.4 is 0 Å². The van der Waals surface area contributed by atoms with E-state index >= 15 is 0 Å². The van der Waals surface area contributed by atoms with Gasteiger partial charge in [-0.2, -0.15) is 0 Å². The van der Waals surface area contributed by atoms with Crippen molar-refractivity contribution < 1.29 is 4.79 Å². The topological polar surface area (TPSA) is 17.1 Å². The van der Waals surface area contributed by atoms with E-state index in [0.29, 0.717) is 16.5 Å². The monoisotopic (exact) mass is 254 g/mol. The van der Waals surface area contributed by atoms with Crippen molar-refractivity contribution in [2.24, 2.45) is 0 Å². The predicted molar refractivity (Wildman–Crippen MR) is 67.9 cm³/mol. The maximum Gasteiger partial charge on any atom is 0.155 e. The molecule has 0 bridgehead atoms. The van der Waals surface area contributed by atoms with Crippen LogP contribution in [-0.2, 0) is 4.79 Å². The van der Waals surface area contributed by atoms with Gasteiger partial charge in [-0.1, -0.05) is 35.3 Å². The fourth-order valence-corrected chi connectivity index (χ4v) is 2.34. The zero-order valence-corrected chi connectivity index (χ0v) is 10.3. The first kappa shape index (κ1) is 11.7.